The van der Waals surface area contributed by atoms with Gasteiger partial charge in [0.2, 0.25) is 0 Å². The summed E-state index contributed by atoms with van der Waals surface area (Å²) in [5, 5.41) is 12.5. The highest BCUT2D eigenvalue weighted by Gasteiger charge is 2.16. The van der Waals surface area contributed by atoms with Gasteiger partial charge in [0, 0.05) is 20.8 Å². The molecule has 0 aliphatic carbocycles. The van der Waals surface area contributed by atoms with Gasteiger partial charge in [-0.2, -0.15) is 0 Å². The molecule has 0 fully saturated rings. The van der Waals surface area contributed by atoms with Crippen LogP contribution in [-0.2, 0) is 0 Å². The van der Waals surface area contributed by atoms with Crippen molar-refractivity contribution in [2.24, 2.45) is 0 Å². The van der Waals surface area contributed by atoms with Crippen molar-refractivity contribution in [1.29, 1.82) is 0 Å². The molecular weight excluding hydrogens is 362 g/mol. The molecule has 114 valence electrons. The molecule has 0 unspecified atom stereocenters. The minimum Gasteiger partial charge on any atom is -0.274 e. The number of pyridine rings is 1. The van der Waals surface area contributed by atoms with Crippen LogP contribution in [0.2, 0.25) is 0 Å². The molecule has 0 spiro atoms. The number of aromatic nitrogens is 3. The lowest BCUT2D eigenvalue weighted by Gasteiger charge is -2.10. The Labute approximate surface area is 146 Å². The molecule has 0 aliphatic rings. The number of hydrogen-bond acceptors (Lipinski definition) is 2. The molecule has 0 aliphatic heterocycles. The van der Waals surface area contributed by atoms with E-state index < -0.39 is 0 Å². The van der Waals surface area contributed by atoms with E-state index in [1.54, 1.807) is 0 Å². The van der Waals surface area contributed by atoms with E-state index in [4.69, 9.17) is 0 Å². The summed E-state index contributed by atoms with van der Waals surface area (Å²) < 4.78 is 3.16. The highest BCUT2D eigenvalue weighted by molar-refractivity contribution is 9.10. The molecule has 2 aromatic heterocycles. The van der Waals surface area contributed by atoms with Gasteiger partial charge in [-0.25, -0.2) is 0 Å². The minimum absolute atomic E-state index is 0.847. The maximum absolute atomic E-state index is 4.51. The molecule has 5 rings (SSSR count). The summed E-state index contributed by atoms with van der Waals surface area (Å²) in [6, 6.07) is 24.9. The fraction of sp³-hybridized carbons (Fsp3) is 0. The Morgan fingerprint density at radius 1 is 0.667 bits per heavy atom. The molecule has 3 nitrogen and oxygen atoms in total. The van der Waals surface area contributed by atoms with Crippen molar-refractivity contribution in [1.82, 2.24) is 14.6 Å². The van der Waals surface area contributed by atoms with Crippen LogP contribution in [0.1, 0.15) is 0 Å². The summed E-state index contributed by atoms with van der Waals surface area (Å²) in [4.78, 5) is 0. The van der Waals surface area contributed by atoms with Gasteiger partial charge in [0.05, 0.1) is 5.52 Å². The van der Waals surface area contributed by atoms with Crippen molar-refractivity contribution in [2.45, 2.75) is 0 Å². The molecule has 4 heteroatoms. The van der Waals surface area contributed by atoms with Gasteiger partial charge in [-0.15, -0.1) is 10.2 Å². The van der Waals surface area contributed by atoms with E-state index in [9.17, 15) is 0 Å². The number of halogens is 1. The van der Waals surface area contributed by atoms with Crippen LogP contribution in [0.25, 0.3) is 38.7 Å². The van der Waals surface area contributed by atoms with Gasteiger partial charge >= 0.3 is 0 Å². The van der Waals surface area contributed by atoms with E-state index in [1.165, 1.54) is 10.8 Å². The monoisotopic (exact) mass is 373 g/mol. The van der Waals surface area contributed by atoms with E-state index in [1.807, 2.05) is 24.3 Å². The SMILES string of the molecule is Brc1ccccc1-c1nnc2c3ccccc3c3ccccc3n12. The van der Waals surface area contributed by atoms with Gasteiger partial charge in [0.25, 0.3) is 0 Å². The van der Waals surface area contributed by atoms with Crippen molar-refractivity contribution in [2.75, 3.05) is 0 Å². The summed E-state index contributed by atoms with van der Waals surface area (Å²) in [5.74, 6) is 0.847. The van der Waals surface area contributed by atoms with E-state index in [-0.39, 0.29) is 0 Å². The van der Waals surface area contributed by atoms with E-state index >= 15 is 0 Å². The lowest BCUT2D eigenvalue weighted by molar-refractivity contribution is 1.12. The predicted molar refractivity (Wildman–Crippen MR) is 101 cm³/mol. The largest absolute Gasteiger partial charge is 0.274 e. The molecule has 0 amide bonds. The summed E-state index contributed by atoms with van der Waals surface area (Å²) in [5.41, 5.74) is 3.03. The Bertz CT molecular complexity index is 1220. The van der Waals surface area contributed by atoms with Gasteiger partial charge in [0.15, 0.2) is 11.5 Å². The van der Waals surface area contributed by atoms with Crippen LogP contribution in [0.15, 0.2) is 77.3 Å². The molecule has 0 saturated heterocycles. The predicted octanol–water partition coefficient (Wildman–Crippen LogP) is 5.47. The summed E-state index contributed by atoms with van der Waals surface area (Å²) in [6.45, 7) is 0. The first-order valence-electron chi connectivity index (χ1n) is 7.74. The second-order valence-corrected chi connectivity index (χ2v) is 6.58. The Hall–Kier alpha value is -2.72. The average Bonchev–Trinajstić information content (AvgIpc) is 3.08. The Morgan fingerprint density at radius 2 is 1.33 bits per heavy atom. The first-order chi connectivity index (χ1) is 11.8. The standard InChI is InChI=1S/C20H12BrN3/c21-17-11-5-3-10-16(17)20-23-22-19-15-9-2-1-7-13(15)14-8-4-6-12-18(14)24(19)20/h1-12H. The molecule has 24 heavy (non-hydrogen) atoms. The van der Waals surface area contributed by atoms with Crippen molar-refractivity contribution >= 4 is 43.3 Å². The van der Waals surface area contributed by atoms with Crippen LogP contribution in [-0.4, -0.2) is 14.6 Å². The minimum atomic E-state index is 0.847. The molecular formula is C20H12BrN3. The van der Waals surface area contributed by atoms with Crippen molar-refractivity contribution in [3.05, 3.63) is 77.3 Å². The maximum atomic E-state index is 4.51. The van der Waals surface area contributed by atoms with E-state index in [0.29, 0.717) is 0 Å². The number of rotatable bonds is 1. The third-order valence-corrected chi connectivity index (χ3v) is 5.07. The van der Waals surface area contributed by atoms with Gasteiger partial charge in [-0.3, -0.25) is 4.40 Å². The molecule has 0 saturated carbocycles. The second kappa shape index (κ2) is 5.14. The first-order valence-corrected chi connectivity index (χ1v) is 8.53. The smallest absolute Gasteiger partial charge is 0.170 e. The van der Waals surface area contributed by atoms with Crippen LogP contribution in [0.4, 0.5) is 0 Å². The van der Waals surface area contributed by atoms with Gasteiger partial charge in [0.1, 0.15) is 0 Å². The summed E-state index contributed by atoms with van der Waals surface area (Å²) >= 11 is 3.64. The first kappa shape index (κ1) is 13.7. The number of fused-ring (bicyclic) bond motifs is 6. The van der Waals surface area contributed by atoms with Crippen LogP contribution < -0.4 is 0 Å². The molecule has 5 aromatic rings. The van der Waals surface area contributed by atoms with Crippen molar-refractivity contribution in [3.8, 4) is 11.4 Å². The number of benzene rings is 3. The molecule has 2 heterocycles. The Balaban J connectivity index is 2.05. The Morgan fingerprint density at radius 3 is 2.17 bits per heavy atom. The van der Waals surface area contributed by atoms with Crippen molar-refractivity contribution in [3.63, 3.8) is 0 Å². The molecule has 0 bridgehead atoms. The zero-order valence-electron chi connectivity index (χ0n) is 12.6. The number of para-hydroxylation sites is 1. The van der Waals surface area contributed by atoms with Crippen LogP contribution in [0.5, 0.6) is 0 Å². The van der Waals surface area contributed by atoms with Crippen molar-refractivity contribution < 1.29 is 0 Å². The van der Waals surface area contributed by atoms with Crippen LogP contribution >= 0.6 is 15.9 Å². The zero-order valence-corrected chi connectivity index (χ0v) is 14.2. The fourth-order valence-electron chi connectivity index (χ4n) is 3.31. The average molecular weight is 374 g/mol. The third-order valence-electron chi connectivity index (χ3n) is 4.38. The van der Waals surface area contributed by atoms with Crippen LogP contribution in [0.3, 0.4) is 0 Å². The quantitative estimate of drug-likeness (QED) is 0.365. The summed E-state index contributed by atoms with van der Waals surface area (Å²) in [6.07, 6.45) is 0. The molecule has 0 radical (unpaired) electrons. The second-order valence-electron chi connectivity index (χ2n) is 5.73. The molecule has 3 aromatic carbocycles. The number of hydrogen-bond donors (Lipinski definition) is 0. The van der Waals surface area contributed by atoms with E-state index in [2.05, 4.69) is 79.1 Å². The topological polar surface area (TPSA) is 30.2 Å². The summed E-state index contributed by atoms with van der Waals surface area (Å²) in [7, 11) is 0. The molecule has 0 N–H and O–H groups in total. The normalized spacial score (nSPS) is 11.5. The third kappa shape index (κ3) is 1.83. The lowest BCUT2D eigenvalue weighted by atomic mass is 10.1. The maximum Gasteiger partial charge on any atom is 0.170 e. The van der Waals surface area contributed by atoms with Gasteiger partial charge in [-0.05, 0) is 17.5 Å². The molecule has 0 atom stereocenters. The van der Waals surface area contributed by atoms with Crippen LogP contribution in [0, 0.1) is 0 Å². The lowest BCUT2D eigenvalue weighted by Crippen LogP contribution is -1.94. The highest BCUT2D eigenvalue weighted by atomic mass is 79.9. The van der Waals surface area contributed by atoms with E-state index in [0.717, 1.165) is 32.4 Å². The highest BCUT2D eigenvalue weighted by Crippen LogP contribution is 2.33. The fourth-order valence-corrected chi connectivity index (χ4v) is 3.78. The van der Waals surface area contributed by atoms with Gasteiger partial charge < -0.3 is 0 Å². The van der Waals surface area contributed by atoms with Gasteiger partial charge in [-0.1, -0.05) is 76.6 Å². The Kier molecular flexibility index (Phi) is 2.94. The number of nitrogens with zero attached hydrogens (tertiary/aromatic N) is 3. The zero-order chi connectivity index (χ0) is 16.1.